The summed E-state index contributed by atoms with van der Waals surface area (Å²) in [5, 5.41) is -0.703. The number of hydroxylamine groups is 1. The molecule has 1 fully saturated rings. The molecular formula is C20H17ClF6N2O2. The number of hydrogen-bond acceptors (Lipinski definition) is 2. The average Bonchev–Trinajstić information content (AvgIpc) is 2.72. The zero-order valence-electron chi connectivity index (χ0n) is 15.9. The van der Waals surface area contributed by atoms with Crippen molar-refractivity contribution in [2.24, 2.45) is 0 Å². The van der Waals surface area contributed by atoms with Crippen LogP contribution in [0.15, 0.2) is 36.4 Å². The largest absolute Gasteiger partial charge is 0.417 e. The molecule has 3 rings (SSSR count). The monoisotopic (exact) mass is 466 g/mol. The van der Waals surface area contributed by atoms with Gasteiger partial charge in [-0.25, -0.2) is 4.79 Å². The Morgan fingerprint density at radius 2 is 1.58 bits per heavy atom. The summed E-state index contributed by atoms with van der Waals surface area (Å²) in [6.45, 7) is 0.859. The minimum atomic E-state index is -5.35. The lowest BCUT2D eigenvalue weighted by atomic mass is 9.94. The molecule has 11 heteroatoms. The maximum atomic E-state index is 13.7. The van der Waals surface area contributed by atoms with Crippen LogP contribution >= 0.6 is 11.6 Å². The first kappa shape index (κ1) is 23.1. The van der Waals surface area contributed by atoms with E-state index in [1.807, 2.05) is 5.48 Å². The number of hydrogen-bond donors (Lipinski definition) is 1. The molecule has 2 aromatic rings. The smallest absolute Gasteiger partial charge is 0.376 e. The van der Waals surface area contributed by atoms with Gasteiger partial charge in [0.05, 0.1) is 16.1 Å². The van der Waals surface area contributed by atoms with Crippen molar-refractivity contribution in [2.75, 3.05) is 13.1 Å². The van der Waals surface area contributed by atoms with E-state index in [-0.39, 0.29) is 11.6 Å². The molecule has 2 amide bonds. The maximum Gasteiger partial charge on any atom is 0.417 e. The van der Waals surface area contributed by atoms with Crippen LogP contribution in [0.2, 0.25) is 5.02 Å². The normalized spacial score (nSPS) is 15.0. The maximum absolute atomic E-state index is 13.7. The number of nitrogens with zero attached hydrogens (tertiary/aromatic N) is 1. The van der Waals surface area contributed by atoms with Crippen LogP contribution in [-0.4, -0.2) is 24.0 Å². The summed E-state index contributed by atoms with van der Waals surface area (Å²) in [5.74, 6) is -0.744. The lowest BCUT2D eigenvalue weighted by molar-refractivity contribution is -0.161. The molecule has 0 unspecified atom stereocenters. The highest BCUT2D eigenvalue weighted by molar-refractivity contribution is 6.35. The van der Waals surface area contributed by atoms with Gasteiger partial charge in [0, 0.05) is 18.7 Å². The summed E-state index contributed by atoms with van der Waals surface area (Å²) in [7, 11) is 0. The fraction of sp³-hybridized carbons (Fsp3) is 0.350. The number of carbonyl (C=O) groups excluding carboxylic acids is 1. The molecule has 1 aliphatic heterocycles. The number of amides is 2. The number of rotatable bonds is 3. The minimum Gasteiger partial charge on any atom is -0.376 e. The predicted octanol–water partition coefficient (Wildman–Crippen LogP) is 6.53. The first-order valence-electron chi connectivity index (χ1n) is 9.28. The lowest BCUT2D eigenvalue weighted by Gasteiger charge is -2.27. The van der Waals surface area contributed by atoms with Gasteiger partial charge in [0.1, 0.15) is 0 Å². The van der Waals surface area contributed by atoms with Crippen molar-refractivity contribution in [3.63, 3.8) is 0 Å². The van der Waals surface area contributed by atoms with Gasteiger partial charge in [-0.05, 0) is 30.9 Å². The van der Waals surface area contributed by atoms with Crippen molar-refractivity contribution in [2.45, 2.75) is 31.6 Å². The van der Waals surface area contributed by atoms with Crippen LogP contribution in [0.1, 0.15) is 30.4 Å². The summed E-state index contributed by atoms with van der Waals surface area (Å²) in [4.78, 5) is 18.6. The van der Waals surface area contributed by atoms with Crippen LogP contribution in [0.5, 0.6) is 5.75 Å². The van der Waals surface area contributed by atoms with E-state index in [1.165, 1.54) is 35.2 Å². The van der Waals surface area contributed by atoms with Crippen molar-refractivity contribution >= 4 is 17.6 Å². The third-order valence-electron chi connectivity index (χ3n) is 4.77. The van der Waals surface area contributed by atoms with Gasteiger partial charge in [-0.2, -0.15) is 31.8 Å². The molecule has 0 aliphatic carbocycles. The molecular weight excluding hydrogens is 450 g/mol. The van der Waals surface area contributed by atoms with Gasteiger partial charge >= 0.3 is 18.4 Å². The Morgan fingerprint density at radius 1 is 0.968 bits per heavy atom. The Balaban J connectivity index is 2.09. The van der Waals surface area contributed by atoms with Crippen molar-refractivity contribution in [1.82, 2.24) is 10.4 Å². The minimum absolute atomic E-state index is 0.147. The molecule has 0 spiro atoms. The zero-order chi connectivity index (χ0) is 22.8. The molecule has 1 aliphatic rings. The molecule has 1 N–H and O–H groups in total. The van der Waals surface area contributed by atoms with E-state index in [1.54, 1.807) is 0 Å². The summed E-state index contributed by atoms with van der Waals surface area (Å²) >= 11 is 6.09. The highest BCUT2D eigenvalue weighted by Gasteiger charge is 2.47. The van der Waals surface area contributed by atoms with E-state index in [0.717, 1.165) is 19.3 Å². The van der Waals surface area contributed by atoms with E-state index in [0.29, 0.717) is 13.1 Å². The second kappa shape index (κ2) is 8.86. The Bertz CT molecular complexity index is 941. The molecule has 0 atom stereocenters. The first-order valence-corrected chi connectivity index (χ1v) is 9.66. The van der Waals surface area contributed by atoms with Gasteiger partial charge < -0.3 is 9.74 Å². The number of benzene rings is 2. The molecule has 2 aromatic carbocycles. The molecule has 0 saturated carbocycles. The molecule has 4 nitrogen and oxygen atoms in total. The van der Waals surface area contributed by atoms with Crippen LogP contribution in [0, 0.1) is 0 Å². The van der Waals surface area contributed by atoms with Gasteiger partial charge in [-0.15, -0.1) is 0 Å². The summed E-state index contributed by atoms with van der Waals surface area (Å²) in [6, 6.07) is 6.06. The standard InChI is InChI=1S/C20H17ClF6N2O2/c21-17-14(31-28-18(30)29-9-5-2-6-10-29)11-13(19(22,23)24)16(20(25,26)27)15(17)12-7-3-1-4-8-12/h1,3-4,7-8,11H,2,5-6,9-10H2,(H,28,30). The van der Waals surface area contributed by atoms with E-state index >= 15 is 0 Å². The number of carbonyl (C=O) groups is 1. The number of piperidine rings is 1. The molecule has 168 valence electrons. The third kappa shape index (κ3) is 5.17. The summed E-state index contributed by atoms with van der Waals surface area (Å²) < 4.78 is 81.9. The zero-order valence-corrected chi connectivity index (χ0v) is 16.7. The average molecular weight is 467 g/mol. The fourth-order valence-corrected chi connectivity index (χ4v) is 3.66. The Labute approximate surface area is 178 Å². The number of halogens is 7. The van der Waals surface area contributed by atoms with Gasteiger partial charge in [-0.3, -0.25) is 0 Å². The number of likely N-dealkylation sites (tertiary alicyclic amines) is 1. The van der Waals surface area contributed by atoms with Gasteiger partial charge in [0.15, 0.2) is 5.75 Å². The van der Waals surface area contributed by atoms with Crippen LogP contribution in [0.25, 0.3) is 11.1 Å². The van der Waals surface area contributed by atoms with Crippen molar-refractivity contribution < 1.29 is 36.0 Å². The second-order valence-electron chi connectivity index (χ2n) is 6.90. The highest BCUT2D eigenvalue weighted by atomic mass is 35.5. The van der Waals surface area contributed by atoms with Gasteiger partial charge in [-0.1, -0.05) is 41.9 Å². The molecule has 0 bridgehead atoms. The van der Waals surface area contributed by atoms with Crippen molar-refractivity contribution in [3.05, 3.63) is 52.5 Å². The molecule has 0 aromatic heterocycles. The van der Waals surface area contributed by atoms with Crippen LogP contribution in [0.4, 0.5) is 31.1 Å². The summed E-state index contributed by atoms with van der Waals surface area (Å²) in [5.41, 5.74) is -2.98. The summed E-state index contributed by atoms with van der Waals surface area (Å²) in [6.07, 6.45) is -8.26. The van der Waals surface area contributed by atoms with Gasteiger partial charge in [0.2, 0.25) is 0 Å². The van der Waals surface area contributed by atoms with E-state index in [2.05, 4.69) is 0 Å². The Morgan fingerprint density at radius 3 is 2.13 bits per heavy atom. The lowest BCUT2D eigenvalue weighted by Crippen LogP contribution is -2.44. The first-order chi connectivity index (χ1) is 14.5. The van der Waals surface area contributed by atoms with E-state index in [4.69, 9.17) is 16.4 Å². The molecule has 0 radical (unpaired) electrons. The molecule has 1 saturated heterocycles. The van der Waals surface area contributed by atoms with E-state index < -0.39 is 45.8 Å². The quantitative estimate of drug-likeness (QED) is 0.412. The molecule has 31 heavy (non-hydrogen) atoms. The van der Waals surface area contributed by atoms with Crippen molar-refractivity contribution in [1.29, 1.82) is 0 Å². The van der Waals surface area contributed by atoms with Crippen LogP contribution in [-0.2, 0) is 12.4 Å². The third-order valence-corrected chi connectivity index (χ3v) is 5.15. The fourth-order valence-electron chi connectivity index (χ4n) is 3.36. The van der Waals surface area contributed by atoms with E-state index in [9.17, 15) is 31.1 Å². The second-order valence-corrected chi connectivity index (χ2v) is 7.28. The SMILES string of the molecule is O=C(NOc1cc(C(F)(F)F)c(C(F)(F)F)c(-c2ccccc2)c1Cl)N1CCCCC1. The highest BCUT2D eigenvalue weighted by Crippen LogP contribution is 2.50. The topological polar surface area (TPSA) is 41.6 Å². The predicted molar refractivity (Wildman–Crippen MR) is 101 cm³/mol. The number of nitrogens with one attached hydrogen (secondary N) is 1. The Kier molecular flexibility index (Phi) is 6.59. The molecule has 1 heterocycles. The Hall–Kier alpha value is -2.62. The van der Waals surface area contributed by atoms with Crippen LogP contribution in [0.3, 0.4) is 0 Å². The van der Waals surface area contributed by atoms with Crippen LogP contribution < -0.4 is 10.3 Å². The van der Waals surface area contributed by atoms with Gasteiger partial charge in [0.25, 0.3) is 0 Å². The van der Waals surface area contributed by atoms with Crippen molar-refractivity contribution in [3.8, 4) is 16.9 Å². The number of urea groups is 1. The number of alkyl halides is 6.